The number of aromatic nitrogens is 3. The summed E-state index contributed by atoms with van der Waals surface area (Å²) in [7, 11) is -1.45. The molecule has 0 saturated carbocycles. The molecule has 0 bridgehead atoms. The second kappa shape index (κ2) is 4.25. The largest absolute Gasteiger partial charge is 0.488 e. The summed E-state index contributed by atoms with van der Waals surface area (Å²) in [6.45, 7) is 0.480. The highest BCUT2D eigenvalue weighted by atomic mass is 16.4. The summed E-state index contributed by atoms with van der Waals surface area (Å²) in [6, 6.07) is 7.12. The highest BCUT2D eigenvalue weighted by Crippen LogP contribution is 1.99. The van der Waals surface area contributed by atoms with E-state index in [0.717, 1.165) is 5.56 Å². The molecule has 1 aromatic heterocycles. The molecule has 2 rings (SSSR count). The first-order valence-corrected chi connectivity index (χ1v) is 4.53. The van der Waals surface area contributed by atoms with Gasteiger partial charge in [0.2, 0.25) is 0 Å². The van der Waals surface area contributed by atoms with Gasteiger partial charge in [-0.3, -0.25) is 0 Å². The zero-order valence-corrected chi connectivity index (χ0v) is 7.98. The number of benzene rings is 1. The second-order valence-corrected chi connectivity index (χ2v) is 3.17. The molecule has 0 radical (unpaired) electrons. The van der Waals surface area contributed by atoms with Gasteiger partial charge >= 0.3 is 7.12 Å². The quantitative estimate of drug-likeness (QED) is 0.628. The lowest BCUT2D eigenvalue weighted by atomic mass is 9.77. The van der Waals surface area contributed by atoms with Crippen molar-refractivity contribution in [3.63, 3.8) is 0 Å². The summed E-state index contributed by atoms with van der Waals surface area (Å²) >= 11 is 0. The van der Waals surface area contributed by atoms with Crippen molar-refractivity contribution in [2.24, 2.45) is 0 Å². The molecule has 0 aliphatic carbocycles. The molecule has 0 fully saturated rings. The van der Waals surface area contributed by atoms with Crippen LogP contribution in [-0.4, -0.2) is 31.9 Å². The Hall–Kier alpha value is -1.66. The molecule has 76 valence electrons. The van der Waals surface area contributed by atoms with Crippen LogP contribution in [0.4, 0.5) is 0 Å². The van der Waals surface area contributed by atoms with Gasteiger partial charge in [-0.15, -0.1) is 0 Å². The van der Waals surface area contributed by atoms with Gasteiger partial charge in [-0.1, -0.05) is 24.3 Å². The second-order valence-electron chi connectivity index (χ2n) is 3.17. The normalized spacial score (nSPS) is 10.3. The van der Waals surface area contributed by atoms with Crippen LogP contribution in [0.3, 0.4) is 0 Å². The summed E-state index contributed by atoms with van der Waals surface area (Å²) in [5.41, 5.74) is 1.31. The number of hydrogen-bond donors (Lipinski definition) is 2. The lowest BCUT2D eigenvalue weighted by Crippen LogP contribution is -2.33. The lowest BCUT2D eigenvalue weighted by molar-refractivity contribution is 0.425. The van der Waals surface area contributed by atoms with E-state index >= 15 is 0 Å². The Morgan fingerprint density at radius 2 is 2.07 bits per heavy atom. The molecule has 0 spiro atoms. The van der Waals surface area contributed by atoms with Gasteiger partial charge in [-0.2, -0.15) is 5.10 Å². The smallest absolute Gasteiger partial charge is 0.423 e. The fourth-order valence-corrected chi connectivity index (χ4v) is 1.42. The van der Waals surface area contributed by atoms with Gasteiger partial charge in [0.25, 0.3) is 0 Å². The molecule has 2 N–H and O–H groups in total. The molecule has 2 aromatic rings. The summed E-state index contributed by atoms with van der Waals surface area (Å²) in [5, 5.41) is 22.2. The van der Waals surface area contributed by atoms with Crippen molar-refractivity contribution >= 4 is 12.6 Å². The van der Waals surface area contributed by atoms with Gasteiger partial charge in [-0.25, -0.2) is 9.67 Å². The van der Waals surface area contributed by atoms with E-state index < -0.39 is 7.12 Å². The predicted molar refractivity (Wildman–Crippen MR) is 55.4 cm³/mol. The first-order valence-electron chi connectivity index (χ1n) is 4.53. The van der Waals surface area contributed by atoms with Crippen molar-refractivity contribution in [1.82, 2.24) is 14.8 Å². The Morgan fingerprint density at radius 1 is 1.27 bits per heavy atom. The molecule has 0 unspecified atom stereocenters. The Morgan fingerprint density at radius 3 is 2.73 bits per heavy atom. The van der Waals surface area contributed by atoms with E-state index in [1.54, 1.807) is 23.1 Å². The fourth-order valence-electron chi connectivity index (χ4n) is 1.42. The van der Waals surface area contributed by atoms with Crippen molar-refractivity contribution in [2.45, 2.75) is 6.54 Å². The van der Waals surface area contributed by atoms with Crippen LogP contribution < -0.4 is 5.46 Å². The fraction of sp³-hybridized carbons (Fsp3) is 0.111. The van der Waals surface area contributed by atoms with Crippen LogP contribution in [0.5, 0.6) is 0 Å². The summed E-state index contributed by atoms with van der Waals surface area (Å²) in [5.74, 6) is 0. The Bertz CT molecular complexity index is 431. The number of rotatable bonds is 3. The maximum atomic E-state index is 9.14. The minimum absolute atomic E-state index is 0.480. The summed E-state index contributed by atoms with van der Waals surface area (Å²) < 4.78 is 1.63. The SMILES string of the molecule is OB(O)c1ccccc1Cn1cncn1. The van der Waals surface area contributed by atoms with Crippen molar-refractivity contribution in [2.75, 3.05) is 0 Å². The van der Waals surface area contributed by atoms with Crippen LogP contribution >= 0.6 is 0 Å². The molecule has 1 heterocycles. The molecule has 6 heteroatoms. The van der Waals surface area contributed by atoms with Crippen LogP contribution in [0, 0.1) is 0 Å². The highest BCUT2D eigenvalue weighted by Gasteiger charge is 2.15. The minimum Gasteiger partial charge on any atom is -0.423 e. The molecule has 0 saturated heterocycles. The molecule has 5 nitrogen and oxygen atoms in total. The van der Waals surface area contributed by atoms with E-state index in [2.05, 4.69) is 10.1 Å². The topological polar surface area (TPSA) is 71.2 Å². The third kappa shape index (κ3) is 2.23. The van der Waals surface area contributed by atoms with Crippen LogP contribution in [0.15, 0.2) is 36.9 Å². The van der Waals surface area contributed by atoms with Gasteiger partial charge in [0.1, 0.15) is 12.7 Å². The average molecular weight is 203 g/mol. The number of nitrogens with zero attached hydrogens (tertiary/aromatic N) is 3. The van der Waals surface area contributed by atoms with Crippen molar-refractivity contribution in [3.8, 4) is 0 Å². The minimum atomic E-state index is -1.45. The molecule has 0 aliphatic heterocycles. The van der Waals surface area contributed by atoms with E-state index in [9.17, 15) is 0 Å². The molecule has 15 heavy (non-hydrogen) atoms. The van der Waals surface area contributed by atoms with E-state index in [4.69, 9.17) is 10.0 Å². The van der Waals surface area contributed by atoms with E-state index in [0.29, 0.717) is 12.0 Å². The Kier molecular flexibility index (Phi) is 2.80. The van der Waals surface area contributed by atoms with Crippen molar-refractivity contribution in [3.05, 3.63) is 42.5 Å². The van der Waals surface area contributed by atoms with Gasteiger partial charge in [0.15, 0.2) is 0 Å². The van der Waals surface area contributed by atoms with Crippen LogP contribution in [-0.2, 0) is 6.54 Å². The van der Waals surface area contributed by atoms with Crippen molar-refractivity contribution in [1.29, 1.82) is 0 Å². The van der Waals surface area contributed by atoms with Gasteiger partial charge < -0.3 is 10.0 Å². The molecular formula is C9H10BN3O2. The molecule has 0 atom stereocenters. The molecule has 1 aromatic carbocycles. The summed E-state index contributed by atoms with van der Waals surface area (Å²) in [4.78, 5) is 3.82. The third-order valence-electron chi connectivity index (χ3n) is 2.13. The lowest BCUT2D eigenvalue weighted by Gasteiger charge is -2.07. The van der Waals surface area contributed by atoms with Crippen molar-refractivity contribution < 1.29 is 10.0 Å². The van der Waals surface area contributed by atoms with Crippen LogP contribution in [0.1, 0.15) is 5.56 Å². The Balaban J connectivity index is 2.28. The van der Waals surface area contributed by atoms with Gasteiger partial charge in [0.05, 0.1) is 6.54 Å². The Labute approximate surface area is 87.2 Å². The van der Waals surface area contributed by atoms with E-state index in [1.165, 1.54) is 6.33 Å². The molecule has 0 aliphatic rings. The zero-order valence-electron chi connectivity index (χ0n) is 7.98. The zero-order chi connectivity index (χ0) is 10.7. The molecule has 0 amide bonds. The summed E-state index contributed by atoms with van der Waals surface area (Å²) in [6.07, 6.45) is 3.03. The third-order valence-corrected chi connectivity index (χ3v) is 2.13. The first-order chi connectivity index (χ1) is 7.27. The van der Waals surface area contributed by atoms with Crippen LogP contribution in [0.25, 0.3) is 0 Å². The van der Waals surface area contributed by atoms with E-state index in [1.807, 2.05) is 12.1 Å². The number of hydrogen-bond acceptors (Lipinski definition) is 4. The predicted octanol–water partition coefficient (Wildman–Crippen LogP) is -0.994. The highest BCUT2D eigenvalue weighted by molar-refractivity contribution is 6.59. The monoisotopic (exact) mass is 203 g/mol. The van der Waals surface area contributed by atoms with Gasteiger partial charge in [0, 0.05) is 0 Å². The van der Waals surface area contributed by atoms with Crippen LogP contribution in [0.2, 0.25) is 0 Å². The standard InChI is InChI=1S/C9H10BN3O2/c14-10(15)9-4-2-1-3-8(9)5-13-7-11-6-12-13/h1-4,6-7,14-15H,5H2. The maximum Gasteiger partial charge on any atom is 0.488 e. The average Bonchev–Trinajstić information content (AvgIpc) is 2.71. The first kappa shape index (κ1) is 9.88. The molecular weight excluding hydrogens is 193 g/mol. The maximum absolute atomic E-state index is 9.14. The van der Waals surface area contributed by atoms with Gasteiger partial charge in [-0.05, 0) is 11.0 Å². The van der Waals surface area contributed by atoms with E-state index in [-0.39, 0.29) is 0 Å².